The highest BCUT2D eigenvalue weighted by atomic mass is 16.5. The van der Waals surface area contributed by atoms with Gasteiger partial charge in [0.05, 0.1) is 30.5 Å². The van der Waals surface area contributed by atoms with E-state index in [2.05, 4.69) is 9.89 Å². The molecule has 11 nitrogen and oxygen atoms in total. The molecule has 11 heteroatoms. The van der Waals surface area contributed by atoms with Crippen LogP contribution in [0.15, 0.2) is 47.5 Å². The predicted octanol–water partition coefficient (Wildman–Crippen LogP) is 4.82. The quantitative estimate of drug-likeness (QED) is 0.205. The molecule has 5 rings (SSSR count). The van der Waals surface area contributed by atoms with Gasteiger partial charge in [-0.2, -0.15) is 0 Å². The van der Waals surface area contributed by atoms with Crippen LogP contribution in [-0.4, -0.2) is 72.0 Å². The van der Waals surface area contributed by atoms with Gasteiger partial charge in [-0.25, -0.2) is 9.79 Å². The molecule has 1 saturated heterocycles. The Morgan fingerprint density at radius 2 is 1.83 bits per heavy atom. The molecule has 1 saturated carbocycles. The second kappa shape index (κ2) is 16.6. The third-order valence-electron chi connectivity index (χ3n) is 9.54. The summed E-state index contributed by atoms with van der Waals surface area (Å²) >= 11 is 0. The predicted molar refractivity (Wildman–Crippen MR) is 179 cm³/mol. The van der Waals surface area contributed by atoms with Crippen molar-refractivity contribution in [2.75, 3.05) is 26.3 Å². The lowest BCUT2D eigenvalue weighted by Gasteiger charge is -2.47. The molecule has 2 aromatic carbocycles. The number of benzene rings is 2. The highest BCUT2D eigenvalue weighted by Crippen LogP contribution is 2.37. The fraction of sp³-hybridized carbons (Fsp3) is 0.556. The standard InChI is InChI=1S/C36H49N5O6/c1-2-45-35(44)27-12-8-10-25(20-27)24-47-33(42)23-40-22-28-16-17-29(21-30(28)39-36(40)38)46-19-7-3-4-15-32(34(37)43)41-18-9-13-26-11-5-6-14-31(26)41/h8,10,12,16-17,20-21,26,31-32H,2-7,9,11,13-15,18-19,22-24H2,1H3,(H2,37,43)(H2,38,39). The zero-order valence-corrected chi connectivity index (χ0v) is 27.5. The number of esters is 2. The van der Waals surface area contributed by atoms with Gasteiger partial charge in [0.1, 0.15) is 18.9 Å². The van der Waals surface area contributed by atoms with Crippen molar-refractivity contribution >= 4 is 29.5 Å². The van der Waals surface area contributed by atoms with Crippen LogP contribution in [0.3, 0.4) is 0 Å². The lowest BCUT2D eigenvalue weighted by atomic mass is 9.77. The van der Waals surface area contributed by atoms with Crippen molar-refractivity contribution in [1.82, 2.24) is 9.80 Å². The number of nitrogens with two attached hydrogens (primary N) is 2. The van der Waals surface area contributed by atoms with Crippen molar-refractivity contribution in [3.63, 3.8) is 0 Å². The van der Waals surface area contributed by atoms with Crippen molar-refractivity contribution in [1.29, 1.82) is 0 Å². The number of carbonyl (C=O) groups is 3. The van der Waals surface area contributed by atoms with Crippen LogP contribution in [0, 0.1) is 5.92 Å². The Balaban J connectivity index is 1.03. The Morgan fingerprint density at radius 1 is 1.00 bits per heavy atom. The number of hydrogen-bond donors (Lipinski definition) is 2. The normalized spacial score (nSPS) is 19.9. The Labute approximate surface area is 277 Å². The Kier molecular flexibility index (Phi) is 12.1. The number of aliphatic imine (C=N–C) groups is 1. The first-order valence-electron chi connectivity index (χ1n) is 17.1. The maximum atomic E-state index is 12.6. The average Bonchev–Trinajstić information content (AvgIpc) is 3.07. The van der Waals surface area contributed by atoms with Crippen LogP contribution >= 0.6 is 0 Å². The third kappa shape index (κ3) is 9.24. The van der Waals surface area contributed by atoms with E-state index >= 15 is 0 Å². The van der Waals surface area contributed by atoms with Crippen LogP contribution < -0.4 is 16.2 Å². The van der Waals surface area contributed by atoms with Gasteiger partial charge in [0, 0.05) is 18.7 Å². The Hall–Kier alpha value is -4.12. The molecular weight excluding hydrogens is 598 g/mol. The van der Waals surface area contributed by atoms with Crippen LogP contribution in [0.2, 0.25) is 0 Å². The number of nitrogens with zero attached hydrogens (tertiary/aromatic N) is 3. The molecule has 254 valence electrons. The van der Waals surface area contributed by atoms with E-state index in [1.165, 1.54) is 32.1 Å². The summed E-state index contributed by atoms with van der Waals surface area (Å²) in [6.45, 7) is 3.97. The zero-order chi connectivity index (χ0) is 33.2. The minimum absolute atomic E-state index is 0.0271. The minimum Gasteiger partial charge on any atom is -0.494 e. The number of guanidine groups is 1. The first kappa shape index (κ1) is 34.2. The number of ether oxygens (including phenoxy) is 3. The highest BCUT2D eigenvalue weighted by Gasteiger charge is 2.38. The van der Waals surface area contributed by atoms with E-state index in [9.17, 15) is 14.4 Å². The summed E-state index contributed by atoms with van der Waals surface area (Å²) in [6, 6.07) is 12.9. The molecule has 0 radical (unpaired) electrons. The molecule has 3 aliphatic rings. The van der Waals surface area contributed by atoms with Gasteiger partial charge in [-0.15, -0.1) is 0 Å². The van der Waals surface area contributed by atoms with Gasteiger partial charge < -0.3 is 30.6 Å². The molecule has 2 aromatic rings. The largest absolute Gasteiger partial charge is 0.494 e. The van der Waals surface area contributed by atoms with E-state index in [1.807, 2.05) is 18.2 Å². The summed E-state index contributed by atoms with van der Waals surface area (Å²) in [5.41, 5.74) is 14.8. The van der Waals surface area contributed by atoms with Crippen molar-refractivity contribution in [3.05, 3.63) is 59.2 Å². The van der Waals surface area contributed by atoms with Crippen LogP contribution in [0.25, 0.3) is 0 Å². The summed E-state index contributed by atoms with van der Waals surface area (Å²) in [5.74, 6) is 0.612. The Morgan fingerprint density at radius 3 is 2.66 bits per heavy atom. The van der Waals surface area contributed by atoms with E-state index in [1.54, 1.807) is 36.1 Å². The minimum atomic E-state index is -0.454. The van der Waals surface area contributed by atoms with E-state index in [4.69, 9.17) is 25.7 Å². The SMILES string of the molecule is CCOC(=O)c1cccc(COC(=O)CN2Cc3ccc(OCCCCCC(C(N)=O)N4CCCC5CCCCC54)cc3N=C2N)c1. The molecule has 47 heavy (non-hydrogen) atoms. The highest BCUT2D eigenvalue weighted by molar-refractivity contribution is 5.89. The van der Waals surface area contributed by atoms with Gasteiger partial charge >= 0.3 is 11.9 Å². The Bertz CT molecular complexity index is 1430. The molecule has 2 heterocycles. The van der Waals surface area contributed by atoms with Crippen LogP contribution in [-0.2, 0) is 32.2 Å². The van der Waals surface area contributed by atoms with Crippen LogP contribution in [0.1, 0.15) is 92.6 Å². The summed E-state index contributed by atoms with van der Waals surface area (Å²) in [7, 11) is 0. The summed E-state index contributed by atoms with van der Waals surface area (Å²) in [5, 5.41) is 0. The monoisotopic (exact) mass is 647 g/mol. The number of likely N-dealkylation sites (tertiary alicyclic amines) is 1. The second-order valence-electron chi connectivity index (χ2n) is 12.8. The molecule has 3 unspecified atom stereocenters. The van der Waals surface area contributed by atoms with E-state index in [0.29, 0.717) is 41.8 Å². The van der Waals surface area contributed by atoms with Gasteiger partial charge in [-0.3, -0.25) is 14.5 Å². The molecule has 4 N–H and O–H groups in total. The van der Waals surface area contributed by atoms with Gasteiger partial charge in [0.25, 0.3) is 0 Å². The van der Waals surface area contributed by atoms with Crippen LogP contribution in [0.5, 0.6) is 5.75 Å². The summed E-state index contributed by atoms with van der Waals surface area (Å²) in [4.78, 5) is 45.6. The molecule has 0 spiro atoms. The maximum Gasteiger partial charge on any atom is 0.338 e. The lowest BCUT2D eigenvalue weighted by molar-refractivity contribution is -0.145. The van der Waals surface area contributed by atoms with E-state index in [0.717, 1.165) is 50.1 Å². The van der Waals surface area contributed by atoms with Gasteiger partial charge in [0.2, 0.25) is 5.91 Å². The summed E-state index contributed by atoms with van der Waals surface area (Å²) < 4.78 is 16.5. The van der Waals surface area contributed by atoms with Gasteiger partial charge in [-0.1, -0.05) is 37.5 Å². The number of unbranched alkanes of at least 4 members (excludes halogenated alkanes) is 2. The fourth-order valence-electron chi connectivity index (χ4n) is 7.19. The number of carbonyl (C=O) groups excluding carboxylic acids is 3. The van der Waals surface area contributed by atoms with Gasteiger partial charge in [0.15, 0.2) is 5.96 Å². The van der Waals surface area contributed by atoms with E-state index < -0.39 is 11.9 Å². The average molecular weight is 648 g/mol. The van der Waals surface area contributed by atoms with Crippen LogP contribution in [0.4, 0.5) is 5.69 Å². The van der Waals surface area contributed by atoms with Crippen molar-refractivity contribution < 1.29 is 28.6 Å². The molecule has 0 aromatic heterocycles. The molecule has 0 bridgehead atoms. The maximum absolute atomic E-state index is 12.6. The first-order valence-corrected chi connectivity index (χ1v) is 17.1. The van der Waals surface area contributed by atoms with Crippen molar-refractivity contribution in [2.24, 2.45) is 22.4 Å². The number of amides is 1. The molecule has 2 fully saturated rings. The topological polar surface area (TPSA) is 150 Å². The number of hydrogen-bond acceptors (Lipinski definition) is 10. The molecular formula is C36H49N5O6. The number of rotatable bonds is 15. The molecule has 2 aliphatic heterocycles. The molecule has 1 aliphatic carbocycles. The zero-order valence-electron chi connectivity index (χ0n) is 27.5. The number of primary amides is 1. The first-order chi connectivity index (χ1) is 22.8. The third-order valence-corrected chi connectivity index (χ3v) is 9.54. The van der Waals surface area contributed by atoms with Crippen molar-refractivity contribution in [2.45, 2.75) is 96.4 Å². The smallest absolute Gasteiger partial charge is 0.338 e. The molecule has 1 amide bonds. The molecule has 3 atom stereocenters. The summed E-state index contributed by atoms with van der Waals surface area (Å²) in [6.07, 6.45) is 11.1. The van der Waals surface area contributed by atoms with Gasteiger partial charge in [-0.05, 0) is 93.7 Å². The number of fused-ring (bicyclic) bond motifs is 2. The number of piperidine rings is 1. The van der Waals surface area contributed by atoms with E-state index in [-0.39, 0.29) is 37.7 Å². The van der Waals surface area contributed by atoms with Crippen molar-refractivity contribution in [3.8, 4) is 5.75 Å². The fourth-order valence-corrected chi connectivity index (χ4v) is 7.19. The second-order valence-corrected chi connectivity index (χ2v) is 12.8. The lowest BCUT2D eigenvalue weighted by Crippen LogP contribution is -2.55.